The minimum absolute atomic E-state index is 0.0546. The molecule has 1 rings (SSSR count). The molecule has 5 heteroatoms. The molecule has 0 spiro atoms. The SMILES string of the molecule is CC(C)(C)Nc1nc(CSC(C)(C)C)no1. The topological polar surface area (TPSA) is 51.0 Å². The molecule has 0 saturated carbocycles. The van der Waals surface area contributed by atoms with Crippen LogP contribution in [-0.4, -0.2) is 20.4 Å². The molecule has 92 valence electrons. The molecule has 4 nitrogen and oxygen atoms in total. The number of anilines is 1. The molecule has 16 heavy (non-hydrogen) atoms. The molecule has 0 bridgehead atoms. The Morgan fingerprint density at radius 1 is 1.19 bits per heavy atom. The molecule has 0 unspecified atom stereocenters. The van der Waals surface area contributed by atoms with Crippen molar-refractivity contribution in [3.05, 3.63) is 5.82 Å². The van der Waals surface area contributed by atoms with Gasteiger partial charge in [0.2, 0.25) is 0 Å². The Kier molecular flexibility index (Phi) is 3.88. The Balaban J connectivity index is 2.52. The van der Waals surface area contributed by atoms with Crippen LogP contribution in [0.2, 0.25) is 0 Å². The quantitative estimate of drug-likeness (QED) is 0.882. The molecule has 0 saturated heterocycles. The Labute approximate surface area is 102 Å². The Bertz CT molecular complexity index is 336. The smallest absolute Gasteiger partial charge is 0.321 e. The van der Waals surface area contributed by atoms with E-state index >= 15 is 0 Å². The maximum atomic E-state index is 5.12. The van der Waals surface area contributed by atoms with Gasteiger partial charge in [0, 0.05) is 10.3 Å². The number of nitrogens with one attached hydrogen (secondary N) is 1. The molecule has 0 fully saturated rings. The highest BCUT2D eigenvalue weighted by Gasteiger charge is 2.16. The van der Waals surface area contributed by atoms with Gasteiger partial charge in [-0.25, -0.2) is 0 Å². The van der Waals surface area contributed by atoms with Crippen LogP contribution >= 0.6 is 11.8 Å². The van der Waals surface area contributed by atoms with E-state index in [1.165, 1.54) is 0 Å². The standard InChI is InChI=1S/C11H21N3OS/c1-10(2,3)13-9-12-8(14-15-9)7-16-11(4,5)6/h7H2,1-6H3,(H,12,13,14). The van der Waals surface area contributed by atoms with E-state index in [4.69, 9.17) is 4.52 Å². The summed E-state index contributed by atoms with van der Waals surface area (Å²) in [4.78, 5) is 4.29. The van der Waals surface area contributed by atoms with Crippen molar-refractivity contribution in [1.29, 1.82) is 0 Å². The van der Waals surface area contributed by atoms with Crippen LogP contribution in [0.15, 0.2) is 4.52 Å². The number of rotatable bonds is 3. The second kappa shape index (κ2) is 4.65. The highest BCUT2D eigenvalue weighted by molar-refractivity contribution is 7.99. The first kappa shape index (κ1) is 13.4. The number of hydrogen-bond acceptors (Lipinski definition) is 5. The van der Waals surface area contributed by atoms with Crippen LogP contribution in [0.4, 0.5) is 6.01 Å². The van der Waals surface area contributed by atoms with Gasteiger partial charge in [-0.1, -0.05) is 25.9 Å². The summed E-state index contributed by atoms with van der Waals surface area (Å²) in [6.45, 7) is 12.7. The summed E-state index contributed by atoms with van der Waals surface area (Å²) in [5.41, 5.74) is -0.0546. The summed E-state index contributed by atoms with van der Waals surface area (Å²) >= 11 is 1.81. The molecular formula is C11H21N3OS. The summed E-state index contributed by atoms with van der Waals surface area (Å²) in [6.07, 6.45) is 0. The minimum atomic E-state index is -0.0546. The van der Waals surface area contributed by atoms with Crippen LogP contribution in [0.5, 0.6) is 0 Å². The highest BCUT2D eigenvalue weighted by atomic mass is 32.2. The average Bonchev–Trinajstić information content (AvgIpc) is 2.44. The fourth-order valence-corrected chi connectivity index (χ4v) is 1.64. The number of nitrogens with zero attached hydrogens (tertiary/aromatic N) is 2. The fraction of sp³-hybridized carbons (Fsp3) is 0.818. The summed E-state index contributed by atoms with van der Waals surface area (Å²) in [7, 11) is 0. The second-order valence-electron chi connectivity index (χ2n) is 5.79. The molecular weight excluding hydrogens is 222 g/mol. The molecule has 0 amide bonds. The molecule has 0 radical (unpaired) electrons. The van der Waals surface area contributed by atoms with E-state index in [9.17, 15) is 0 Å². The Hall–Kier alpha value is -0.710. The largest absolute Gasteiger partial charge is 0.333 e. The maximum absolute atomic E-state index is 5.12. The zero-order valence-corrected chi connectivity index (χ0v) is 11.7. The van der Waals surface area contributed by atoms with E-state index in [0.717, 1.165) is 11.6 Å². The molecule has 0 aliphatic heterocycles. The van der Waals surface area contributed by atoms with Gasteiger partial charge in [0.25, 0.3) is 0 Å². The first-order valence-electron chi connectivity index (χ1n) is 5.40. The van der Waals surface area contributed by atoms with Crippen LogP contribution in [0.25, 0.3) is 0 Å². The van der Waals surface area contributed by atoms with Crippen LogP contribution < -0.4 is 5.32 Å². The third-order valence-corrected chi connectivity index (χ3v) is 2.85. The van der Waals surface area contributed by atoms with Gasteiger partial charge in [-0.05, 0) is 20.8 Å². The predicted octanol–water partition coefficient (Wildman–Crippen LogP) is 3.31. The molecule has 1 aromatic rings. The summed E-state index contributed by atoms with van der Waals surface area (Å²) in [5.74, 6) is 1.52. The molecule has 1 aromatic heterocycles. The Morgan fingerprint density at radius 3 is 2.31 bits per heavy atom. The van der Waals surface area contributed by atoms with E-state index in [-0.39, 0.29) is 10.3 Å². The van der Waals surface area contributed by atoms with Gasteiger partial charge in [0.05, 0.1) is 5.75 Å². The summed E-state index contributed by atoms with van der Waals surface area (Å²) in [5, 5.41) is 7.08. The fourth-order valence-electron chi connectivity index (χ4n) is 0.965. The van der Waals surface area contributed by atoms with Crippen molar-refractivity contribution >= 4 is 17.8 Å². The molecule has 0 aliphatic carbocycles. The van der Waals surface area contributed by atoms with Gasteiger partial charge in [0.1, 0.15) is 0 Å². The zero-order chi connectivity index (χ0) is 12.4. The van der Waals surface area contributed by atoms with E-state index < -0.39 is 0 Å². The number of aromatic nitrogens is 2. The van der Waals surface area contributed by atoms with Crippen LogP contribution in [-0.2, 0) is 5.75 Å². The maximum Gasteiger partial charge on any atom is 0.321 e. The summed E-state index contributed by atoms with van der Waals surface area (Å²) in [6, 6.07) is 0.497. The van der Waals surface area contributed by atoms with Crippen molar-refractivity contribution in [2.75, 3.05) is 5.32 Å². The highest BCUT2D eigenvalue weighted by Crippen LogP contribution is 2.26. The third-order valence-electron chi connectivity index (χ3n) is 1.58. The van der Waals surface area contributed by atoms with Crippen molar-refractivity contribution in [1.82, 2.24) is 10.1 Å². The molecule has 1 heterocycles. The monoisotopic (exact) mass is 243 g/mol. The van der Waals surface area contributed by atoms with Crippen molar-refractivity contribution < 1.29 is 4.52 Å². The zero-order valence-electron chi connectivity index (χ0n) is 10.9. The number of thioether (sulfide) groups is 1. The van der Waals surface area contributed by atoms with E-state index in [1.54, 1.807) is 11.8 Å². The Morgan fingerprint density at radius 2 is 1.81 bits per heavy atom. The van der Waals surface area contributed by atoms with Crippen LogP contribution in [0, 0.1) is 0 Å². The van der Waals surface area contributed by atoms with Crippen molar-refractivity contribution in [3.63, 3.8) is 0 Å². The average molecular weight is 243 g/mol. The lowest BCUT2D eigenvalue weighted by Gasteiger charge is -2.17. The van der Waals surface area contributed by atoms with E-state index in [0.29, 0.717) is 6.01 Å². The van der Waals surface area contributed by atoms with Gasteiger partial charge in [-0.3, -0.25) is 0 Å². The molecule has 0 aliphatic rings. The lowest BCUT2D eigenvalue weighted by molar-refractivity contribution is 0.414. The lowest BCUT2D eigenvalue weighted by atomic mass is 10.1. The van der Waals surface area contributed by atoms with Crippen LogP contribution in [0.3, 0.4) is 0 Å². The van der Waals surface area contributed by atoms with E-state index in [1.807, 2.05) is 0 Å². The van der Waals surface area contributed by atoms with Gasteiger partial charge in [0.15, 0.2) is 5.82 Å². The van der Waals surface area contributed by atoms with Crippen molar-refractivity contribution in [2.45, 2.75) is 57.6 Å². The van der Waals surface area contributed by atoms with Crippen LogP contribution in [0.1, 0.15) is 47.4 Å². The minimum Gasteiger partial charge on any atom is -0.333 e. The van der Waals surface area contributed by atoms with E-state index in [2.05, 4.69) is 57.0 Å². The second-order valence-corrected chi connectivity index (χ2v) is 7.59. The molecule has 0 atom stereocenters. The normalized spacial score (nSPS) is 12.9. The lowest BCUT2D eigenvalue weighted by Crippen LogP contribution is -2.26. The molecule has 1 N–H and O–H groups in total. The van der Waals surface area contributed by atoms with Gasteiger partial charge in [-0.2, -0.15) is 4.98 Å². The predicted molar refractivity (Wildman–Crippen MR) is 68.7 cm³/mol. The van der Waals surface area contributed by atoms with Gasteiger partial charge >= 0.3 is 6.01 Å². The summed E-state index contributed by atoms with van der Waals surface area (Å²) < 4.78 is 5.34. The van der Waals surface area contributed by atoms with Crippen molar-refractivity contribution in [2.24, 2.45) is 0 Å². The third kappa shape index (κ3) is 5.39. The molecule has 0 aromatic carbocycles. The van der Waals surface area contributed by atoms with Gasteiger partial charge in [-0.15, -0.1) is 11.8 Å². The van der Waals surface area contributed by atoms with Crippen molar-refractivity contribution in [3.8, 4) is 0 Å². The first-order chi connectivity index (χ1) is 7.16. The first-order valence-corrected chi connectivity index (χ1v) is 6.39. The number of hydrogen-bond donors (Lipinski definition) is 1. The van der Waals surface area contributed by atoms with Gasteiger partial charge < -0.3 is 9.84 Å².